The normalized spacial score (nSPS) is 31.2. The number of ether oxygens (including phenoxy) is 1. The van der Waals surface area contributed by atoms with Gasteiger partial charge in [0, 0.05) is 0 Å². The van der Waals surface area contributed by atoms with E-state index in [-0.39, 0.29) is 18.1 Å². The Bertz CT molecular complexity index is 841. The number of anilines is 1. The summed E-state index contributed by atoms with van der Waals surface area (Å²) in [5, 5.41) is 34.3. The molecule has 24 heavy (non-hydrogen) atoms. The molecule has 0 spiro atoms. The fourth-order valence-electron chi connectivity index (χ4n) is 2.70. The lowest BCUT2D eigenvalue weighted by atomic mass is 9.92. The van der Waals surface area contributed by atoms with Crippen molar-refractivity contribution in [2.75, 3.05) is 12.3 Å². The molecule has 12 heteroatoms. The highest BCUT2D eigenvalue weighted by Crippen LogP contribution is 2.40. The number of hydrogen-bond acceptors (Lipinski definition) is 9. The third-order valence-electron chi connectivity index (χ3n) is 3.86. The second-order valence-electron chi connectivity index (χ2n) is 5.18. The number of rotatable bonds is 4. The van der Waals surface area contributed by atoms with Crippen LogP contribution in [0, 0.1) is 11.3 Å². The predicted molar refractivity (Wildman–Crippen MR) is 85.4 cm³/mol. The minimum atomic E-state index is -2.41. The average Bonchev–Trinajstić information content (AvgIpc) is 3.09. The number of nitrogens with two attached hydrogens (primary N) is 1. The minimum Gasteiger partial charge on any atom is -0.387 e. The lowest BCUT2D eigenvalue weighted by molar-refractivity contribution is -0.0605. The van der Waals surface area contributed by atoms with E-state index in [2.05, 4.69) is 21.9 Å². The number of nitriles is 1. The van der Waals surface area contributed by atoms with Crippen LogP contribution in [0.1, 0.15) is 5.69 Å². The fourth-order valence-corrected chi connectivity index (χ4v) is 3.21. The average molecular weight is 371 g/mol. The maximum atomic E-state index is 10.4. The highest BCUT2D eigenvalue weighted by Gasteiger charge is 2.57. The predicted octanol–water partition coefficient (Wildman–Crippen LogP) is -1.33. The molecule has 1 saturated heterocycles. The van der Waals surface area contributed by atoms with E-state index in [1.54, 1.807) is 6.07 Å². The molecule has 1 fully saturated rings. The smallest absolute Gasteiger partial charge is 0.225 e. The van der Waals surface area contributed by atoms with Crippen molar-refractivity contribution in [3.05, 3.63) is 24.2 Å². The van der Waals surface area contributed by atoms with Crippen LogP contribution >= 0.6 is 7.15 Å². The highest BCUT2D eigenvalue weighted by atomic mass is 32.4. The van der Waals surface area contributed by atoms with Crippen molar-refractivity contribution in [3.8, 4) is 6.07 Å². The number of aliphatic hydroxyl groups excluding tert-OH is 2. The quantitative estimate of drug-likeness (QED) is 0.474. The Morgan fingerprint density at radius 1 is 1.54 bits per heavy atom. The maximum absolute atomic E-state index is 10.4. The summed E-state index contributed by atoms with van der Waals surface area (Å²) < 4.78 is 11.9. The summed E-state index contributed by atoms with van der Waals surface area (Å²) in [4.78, 5) is 13.0. The van der Waals surface area contributed by atoms with Crippen LogP contribution in [0.25, 0.3) is 5.52 Å². The zero-order chi connectivity index (χ0) is 17.5. The van der Waals surface area contributed by atoms with Crippen molar-refractivity contribution in [1.29, 1.82) is 5.26 Å². The van der Waals surface area contributed by atoms with E-state index in [0.29, 0.717) is 5.52 Å². The minimum absolute atomic E-state index is 0.191. The SMILES string of the molecule is N#C[C@@]1(c2ccc3c(N)ncnn23)O[C@H](CO[PH](O)=S)[C@@H](O)[C@H]1O. The molecule has 0 bridgehead atoms. The van der Waals surface area contributed by atoms with Crippen molar-refractivity contribution in [2.24, 2.45) is 0 Å². The van der Waals surface area contributed by atoms with Gasteiger partial charge in [-0.2, -0.15) is 10.4 Å². The van der Waals surface area contributed by atoms with Gasteiger partial charge in [-0.15, -0.1) is 0 Å². The molecule has 0 radical (unpaired) electrons. The molecule has 5 N–H and O–H groups in total. The van der Waals surface area contributed by atoms with Crippen LogP contribution in [0.5, 0.6) is 0 Å². The molecule has 3 rings (SSSR count). The van der Waals surface area contributed by atoms with Gasteiger partial charge in [0.25, 0.3) is 0 Å². The van der Waals surface area contributed by atoms with Crippen molar-refractivity contribution >= 4 is 30.3 Å². The molecule has 1 unspecified atom stereocenters. The Labute approximate surface area is 141 Å². The monoisotopic (exact) mass is 371 g/mol. The maximum Gasteiger partial charge on any atom is 0.225 e. The van der Waals surface area contributed by atoms with Gasteiger partial charge in [-0.1, -0.05) is 0 Å². The number of nitrogens with zero attached hydrogens (tertiary/aromatic N) is 4. The molecule has 0 aromatic carbocycles. The molecule has 3 heterocycles. The standard InChI is InChI=1S/C12H14N5O5PS/c13-4-12(8-2-1-6-11(14)15-5-16-17(6)8)10(19)9(18)7(22-12)3-21-23(20)24/h1-2,5,7,9-10,18-19,23H,3H2,(H,20,24)(H2,14,15,16)/t7-,9-,10-,12+/m1/s1. The molecule has 2 aromatic heterocycles. The zero-order valence-corrected chi connectivity index (χ0v) is 13.9. The lowest BCUT2D eigenvalue weighted by Crippen LogP contribution is -2.41. The molecule has 1 aliphatic heterocycles. The first-order valence-electron chi connectivity index (χ1n) is 6.80. The molecular weight excluding hydrogens is 357 g/mol. The van der Waals surface area contributed by atoms with E-state index in [0.717, 1.165) is 0 Å². The number of fused-ring (bicyclic) bond motifs is 1. The van der Waals surface area contributed by atoms with Crippen molar-refractivity contribution in [2.45, 2.75) is 23.9 Å². The van der Waals surface area contributed by atoms with Gasteiger partial charge < -0.3 is 30.1 Å². The summed E-state index contributed by atoms with van der Waals surface area (Å²) in [6.45, 7) is -0.254. The number of aromatic nitrogens is 3. The molecule has 0 amide bonds. The third kappa shape index (κ3) is 2.58. The zero-order valence-electron chi connectivity index (χ0n) is 12.1. The second kappa shape index (κ2) is 6.34. The van der Waals surface area contributed by atoms with Crippen LogP contribution in [-0.2, 0) is 26.7 Å². The molecule has 10 nitrogen and oxygen atoms in total. The number of hydrogen-bond donors (Lipinski definition) is 4. The van der Waals surface area contributed by atoms with Crippen LogP contribution in [-0.4, -0.2) is 54.6 Å². The first-order valence-corrected chi connectivity index (χ1v) is 9.29. The molecule has 5 atom stereocenters. The van der Waals surface area contributed by atoms with Gasteiger partial charge in [-0.25, -0.2) is 9.50 Å². The number of nitrogen functional groups attached to an aromatic ring is 1. The summed E-state index contributed by atoms with van der Waals surface area (Å²) >= 11 is 4.56. The van der Waals surface area contributed by atoms with Crippen molar-refractivity contribution in [1.82, 2.24) is 14.6 Å². The largest absolute Gasteiger partial charge is 0.387 e. The molecule has 1 aliphatic rings. The van der Waals surface area contributed by atoms with E-state index in [1.165, 1.54) is 16.9 Å². The Morgan fingerprint density at radius 2 is 2.29 bits per heavy atom. The van der Waals surface area contributed by atoms with Crippen LogP contribution in [0.4, 0.5) is 5.82 Å². The number of aliphatic hydroxyl groups is 2. The summed E-state index contributed by atoms with van der Waals surface area (Å²) in [6.07, 6.45) is -2.82. The summed E-state index contributed by atoms with van der Waals surface area (Å²) in [5.74, 6) is 0.191. The van der Waals surface area contributed by atoms with Crippen LogP contribution < -0.4 is 5.73 Å². The Kier molecular flexibility index (Phi) is 4.54. The first kappa shape index (κ1) is 17.2. The summed E-state index contributed by atoms with van der Waals surface area (Å²) in [6, 6.07) is 4.99. The summed E-state index contributed by atoms with van der Waals surface area (Å²) in [5.41, 5.74) is 4.50. The van der Waals surface area contributed by atoms with Gasteiger partial charge in [0.1, 0.15) is 36.2 Å². The van der Waals surface area contributed by atoms with Crippen LogP contribution in [0.3, 0.4) is 0 Å². The lowest BCUT2D eigenvalue weighted by Gasteiger charge is -2.24. The van der Waals surface area contributed by atoms with E-state index < -0.39 is 31.1 Å². The third-order valence-corrected chi connectivity index (χ3v) is 4.62. The van der Waals surface area contributed by atoms with Gasteiger partial charge in [0.05, 0.1) is 12.3 Å². The van der Waals surface area contributed by atoms with Crippen LogP contribution in [0.2, 0.25) is 0 Å². The molecule has 128 valence electrons. The first-order chi connectivity index (χ1) is 11.4. The van der Waals surface area contributed by atoms with E-state index in [4.69, 9.17) is 19.9 Å². The fraction of sp³-hybridized carbons (Fsp3) is 0.417. The molecule has 2 aromatic rings. The highest BCUT2D eigenvalue weighted by molar-refractivity contribution is 8.00. The van der Waals surface area contributed by atoms with Gasteiger partial charge in [0.2, 0.25) is 5.60 Å². The topological polar surface area (TPSA) is 159 Å². The van der Waals surface area contributed by atoms with Crippen LogP contribution in [0.15, 0.2) is 18.5 Å². The summed E-state index contributed by atoms with van der Waals surface area (Å²) in [7, 11) is -2.41. The Morgan fingerprint density at radius 3 is 2.96 bits per heavy atom. The van der Waals surface area contributed by atoms with Gasteiger partial charge in [-0.05, 0) is 23.9 Å². The van der Waals surface area contributed by atoms with Gasteiger partial charge in [0.15, 0.2) is 13.0 Å². The van der Waals surface area contributed by atoms with E-state index in [1.807, 2.05) is 6.07 Å². The van der Waals surface area contributed by atoms with E-state index >= 15 is 0 Å². The van der Waals surface area contributed by atoms with Gasteiger partial charge >= 0.3 is 0 Å². The Balaban J connectivity index is 2.04. The molecule has 0 aliphatic carbocycles. The molecule has 0 saturated carbocycles. The van der Waals surface area contributed by atoms with Crippen molar-refractivity contribution < 1.29 is 24.4 Å². The molecular formula is C12H14N5O5PS. The van der Waals surface area contributed by atoms with E-state index in [9.17, 15) is 15.5 Å². The van der Waals surface area contributed by atoms with Gasteiger partial charge in [-0.3, -0.25) is 0 Å². The second-order valence-corrected chi connectivity index (χ2v) is 7.05. The van der Waals surface area contributed by atoms with Crippen molar-refractivity contribution in [3.63, 3.8) is 0 Å². The Hall–Kier alpha value is -1.64.